The van der Waals surface area contributed by atoms with Crippen LogP contribution in [0, 0.1) is 0 Å². The van der Waals surface area contributed by atoms with Crippen LogP contribution in [-0.4, -0.2) is 24.9 Å². The van der Waals surface area contributed by atoms with E-state index >= 15 is 0 Å². The molecule has 0 N–H and O–H groups in total. The first-order chi connectivity index (χ1) is 12.5. The van der Waals surface area contributed by atoms with Crippen molar-refractivity contribution in [3.05, 3.63) is 63.8 Å². The van der Waals surface area contributed by atoms with Crippen LogP contribution in [0.2, 0.25) is 0 Å². The van der Waals surface area contributed by atoms with Crippen molar-refractivity contribution >= 4 is 39.8 Å². The number of hydrogen-bond acceptors (Lipinski definition) is 6. The molecule has 3 rings (SSSR count). The fourth-order valence-electron chi connectivity index (χ4n) is 2.28. The van der Waals surface area contributed by atoms with E-state index in [-0.39, 0.29) is 11.6 Å². The van der Waals surface area contributed by atoms with Gasteiger partial charge in [0.1, 0.15) is 11.5 Å². The molecule has 0 spiro atoms. The minimum atomic E-state index is -0.535. The zero-order chi connectivity index (χ0) is 18.7. The molecule has 1 heterocycles. The fourth-order valence-corrected chi connectivity index (χ4v) is 2.80. The van der Waals surface area contributed by atoms with Gasteiger partial charge in [-0.2, -0.15) is 0 Å². The van der Waals surface area contributed by atoms with Crippen molar-refractivity contribution in [3.63, 3.8) is 0 Å². The summed E-state index contributed by atoms with van der Waals surface area (Å²) >= 11 is 3.42. The van der Waals surface area contributed by atoms with Gasteiger partial charge < -0.3 is 14.2 Å². The number of ether oxygens (including phenoxy) is 3. The number of halogens is 1. The van der Waals surface area contributed by atoms with Crippen molar-refractivity contribution in [3.8, 4) is 11.5 Å². The van der Waals surface area contributed by atoms with Crippen LogP contribution >= 0.6 is 15.9 Å². The lowest BCUT2D eigenvalue weighted by Crippen LogP contribution is -2.06. The average Bonchev–Trinajstić information content (AvgIpc) is 2.96. The van der Waals surface area contributed by atoms with E-state index in [9.17, 15) is 9.59 Å². The molecule has 0 saturated heterocycles. The van der Waals surface area contributed by atoms with Gasteiger partial charge in [-0.05, 0) is 57.9 Å². The Kier molecular flexibility index (Phi) is 5.18. The van der Waals surface area contributed by atoms with Gasteiger partial charge in [-0.25, -0.2) is 9.79 Å². The highest BCUT2D eigenvalue weighted by molar-refractivity contribution is 9.10. The molecule has 0 unspecified atom stereocenters. The topological polar surface area (TPSA) is 74.2 Å². The van der Waals surface area contributed by atoms with Crippen LogP contribution in [-0.2, 0) is 14.3 Å². The van der Waals surface area contributed by atoms with Gasteiger partial charge in [0.25, 0.3) is 0 Å². The smallest absolute Gasteiger partial charge is 0.363 e. The number of hydrogen-bond donors (Lipinski definition) is 0. The first-order valence-electron chi connectivity index (χ1n) is 7.61. The summed E-state index contributed by atoms with van der Waals surface area (Å²) < 4.78 is 16.1. The van der Waals surface area contributed by atoms with E-state index in [1.165, 1.54) is 6.92 Å². The second-order valence-corrected chi connectivity index (χ2v) is 6.20. The molecule has 0 saturated carbocycles. The maximum atomic E-state index is 12.1. The number of aliphatic imine (C=N–C) groups is 1. The van der Waals surface area contributed by atoms with E-state index in [0.29, 0.717) is 21.5 Å². The molecule has 0 atom stereocenters. The van der Waals surface area contributed by atoms with Gasteiger partial charge >= 0.3 is 11.9 Å². The molecular formula is C19H14BrNO5. The molecule has 2 aromatic rings. The Morgan fingerprint density at radius 2 is 1.85 bits per heavy atom. The number of methoxy groups -OCH3 is 1. The second-order valence-electron chi connectivity index (χ2n) is 5.34. The third-order valence-electron chi connectivity index (χ3n) is 3.47. The first-order valence-corrected chi connectivity index (χ1v) is 8.40. The van der Waals surface area contributed by atoms with Crippen molar-refractivity contribution in [2.45, 2.75) is 6.92 Å². The molecule has 1 aliphatic rings. The number of cyclic esters (lactones) is 1. The van der Waals surface area contributed by atoms with Crippen molar-refractivity contribution in [2.24, 2.45) is 4.99 Å². The predicted octanol–water partition coefficient (Wildman–Crippen LogP) is 3.73. The molecule has 7 heteroatoms. The van der Waals surface area contributed by atoms with E-state index in [0.717, 1.165) is 5.56 Å². The highest BCUT2D eigenvalue weighted by atomic mass is 79.9. The average molecular weight is 416 g/mol. The predicted molar refractivity (Wildman–Crippen MR) is 99.1 cm³/mol. The van der Waals surface area contributed by atoms with Gasteiger partial charge in [0, 0.05) is 11.4 Å². The zero-order valence-electron chi connectivity index (χ0n) is 14.0. The van der Waals surface area contributed by atoms with Crippen LogP contribution in [0.1, 0.15) is 18.1 Å². The lowest BCUT2D eigenvalue weighted by molar-refractivity contribution is -0.132. The molecule has 0 aliphatic carbocycles. The quantitative estimate of drug-likeness (QED) is 0.432. The summed E-state index contributed by atoms with van der Waals surface area (Å²) in [6.07, 6.45) is 1.60. The molecule has 132 valence electrons. The third kappa shape index (κ3) is 4.00. The summed E-state index contributed by atoms with van der Waals surface area (Å²) in [6, 6.07) is 12.0. The van der Waals surface area contributed by atoms with Gasteiger partial charge in [0.15, 0.2) is 5.70 Å². The Hall–Kier alpha value is -2.93. The lowest BCUT2D eigenvalue weighted by Gasteiger charge is -2.05. The third-order valence-corrected chi connectivity index (χ3v) is 4.13. The molecule has 1 aliphatic heterocycles. The Morgan fingerprint density at radius 1 is 1.15 bits per heavy atom. The number of nitrogens with zero attached hydrogens (tertiary/aromatic N) is 1. The Labute approximate surface area is 158 Å². The molecule has 0 fully saturated rings. The molecule has 6 nitrogen and oxygen atoms in total. The molecule has 0 aromatic heterocycles. The van der Waals surface area contributed by atoms with Crippen molar-refractivity contribution < 1.29 is 23.8 Å². The van der Waals surface area contributed by atoms with Gasteiger partial charge in [0.2, 0.25) is 5.90 Å². The van der Waals surface area contributed by atoms with Gasteiger partial charge in [0.05, 0.1) is 12.7 Å². The Balaban J connectivity index is 1.85. The standard InChI is InChI=1S/C19H14BrNO5/c1-11(22)25-13-5-3-12(4-6-13)9-17-19(23)26-18(21-17)15-8-7-14(24-2)10-16(15)20/h3-10H,1-2H3/b17-9-. The summed E-state index contributed by atoms with van der Waals surface area (Å²) in [7, 11) is 1.57. The summed E-state index contributed by atoms with van der Waals surface area (Å²) in [5, 5.41) is 0. The van der Waals surface area contributed by atoms with Gasteiger partial charge in [-0.1, -0.05) is 12.1 Å². The summed E-state index contributed by atoms with van der Waals surface area (Å²) in [4.78, 5) is 27.3. The van der Waals surface area contributed by atoms with Crippen molar-refractivity contribution in [1.29, 1.82) is 0 Å². The molecule has 0 amide bonds. The number of carbonyl (C=O) groups excluding carboxylic acids is 2. The summed E-state index contributed by atoms with van der Waals surface area (Å²) in [6.45, 7) is 1.33. The molecule has 0 bridgehead atoms. The van der Waals surface area contributed by atoms with Crippen molar-refractivity contribution in [1.82, 2.24) is 0 Å². The molecule has 26 heavy (non-hydrogen) atoms. The van der Waals surface area contributed by atoms with E-state index < -0.39 is 11.9 Å². The van der Waals surface area contributed by atoms with Crippen LogP contribution in [0.3, 0.4) is 0 Å². The van der Waals surface area contributed by atoms with Crippen LogP contribution < -0.4 is 9.47 Å². The van der Waals surface area contributed by atoms with Gasteiger partial charge in [-0.15, -0.1) is 0 Å². The highest BCUT2D eigenvalue weighted by Gasteiger charge is 2.25. The van der Waals surface area contributed by atoms with Crippen LogP contribution in [0.15, 0.2) is 57.6 Å². The minimum absolute atomic E-state index is 0.183. The second kappa shape index (κ2) is 7.53. The monoisotopic (exact) mass is 415 g/mol. The van der Waals surface area contributed by atoms with E-state index in [4.69, 9.17) is 14.2 Å². The molecular weight excluding hydrogens is 402 g/mol. The van der Waals surface area contributed by atoms with E-state index in [1.54, 1.807) is 55.7 Å². The summed E-state index contributed by atoms with van der Waals surface area (Å²) in [5.74, 6) is 0.392. The van der Waals surface area contributed by atoms with Crippen LogP contribution in [0.5, 0.6) is 11.5 Å². The first kappa shape index (κ1) is 17.9. The van der Waals surface area contributed by atoms with E-state index in [1.807, 2.05) is 0 Å². The normalized spacial score (nSPS) is 14.8. The summed E-state index contributed by atoms with van der Waals surface area (Å²) in [5.41, 5.74) is 1.56. The van der Waals surface area contributed by atoms with Gasteiger partial charge in [-0.3, -0.25) is 4.79 Å². The number of rotatable bonds is 4. The lowest BCUT2D eigenvalue weighted by atomic mass is 10.2. The number of carbonyl (C=O) groups is 2. The van der Waals surface area contributed by atoms with E-state index in [2.05, 4.69) is 20.9 Å². The molecule has 2 aromatic carbocycles. The SMILES string of the molecule is COc1ccc(C2=N/C(=C\c3ccc(OC(C)=O)cc3)C(=O)O2)c(Br)c1. The Bertz CT molecular complexity index is 931. The largest absolute Gasteiger partial charge is 0.497 e. The Morgan fingerprint density at radius 3 is 2.46 bits per heavy atom. The van der Waals surface area contributed by atoms with Crippen LogP contribution in [0.25, 0.3) is 6.08 Å². The maximum absolute atomic E-state index is 12.1. The number of benzene rings is 2. The highest BCUT2D eigenvalue weighted by Crippen LogP contribution is 2.27. The maximum Gasteiger partial charge on any atom is 0.363 e. The fraction of sp³-hybridized carbons (Fsp3) is 0.105. The van der Waals surface area contributed by atoms with Crippen molar-refractivity contribution in [2.75, 3.05) is 7.11 Å². The molecule has 0 radical (unpaired) electrons. The minimum Gasteiger partial charge on any atom is -0.497 e. The zero-order valence-corrected chi connectivity index (χ0v) is 15.6. The van der Waals surface area contributed by atoms with Crippen LogP contribution in [0.4, 0.5) is 0 Å². The number of esters is 2.